The maximum Gasteiger partial charge on any atom is 0.251 e. The molecule has 0 radical (unpaired) electrons. The first-order chi connectivity index (χ1) is 13.8. The molecule has 0 saturated carbocycles. The standard InChI is InChI=1S/C25H26N2O/c28-25(26-17-16-20-7-2-1-3-8-20)23-14-12-21(13-15-23)19-27-18-6-10-22-9-4-5-11-24(22)27/h1-5,7-9,11-15H,6,10,16-19H2,(H,26,28). The highest BCUT2D eigenvalue weighted by Gasteiger charge is 2.16. The van der Waals surface area contributed by atoms with Gasteiger partial charge < -0.3 is 10.2 Å². The number of amides is 1. The van der Waals surface area contributed by atoms with Crippen LogP contribution in [0.25, 0.3) is 0 Å². The Kier molecular flexibility index (Phi) is 5.72. The molecule has 1 aliphatic rings. The average Bonchev–Trinajstić information content (AvgIpc) is 2.75. The first-order valence-corrected chi connectivity index (χ1v) is 10.0. The minimum Gasteiger partial charge on any atom is -0.367 e. The Bertz CT molecular complexity index is 919. The van der Waals surface area contributed by atoms with E-state index in [1.165, 1.54) is 28.8 Å². The van der Waals surface area contributed by atoms with E-state index in [1.54, 1.807) is 0 Å². The molecule has 0 aromatic heterocycles. The third-order valence-electron chi connectivity index (χ3n) is 5.34. The van der Waals surface area contributed by atoms with Crippen molar-refractivity contribution in [3.63, 3.8) is 0 Å². The first kappa shape index (κ1) is 18.3. The zero-order valence-corrected chi connectivity index (χ0v) is 16.1. The van der Waals surface area contributed by atoms with Crippen LogP contribution in [-0.4, -0.2) is 19.0 Å². The second-order valence-electron chi connectivity index (χ2n) is 7.34. The predicted molar refractivity (Wildman–Crippen MR) is 115 cm³/mol. The van der Waals surface area contributed by atoms with Crippen molar-refractivity contribution < 1.29 is 4.79 Å². The number of carbonyl (C=O) groups is 1. The van der Waals surface area contributed by atoms with Gasteiger partial charge in [-0.1, -0.05) is 60.7 Å². The van der Waals surface area contributed by atoms with E-state index in [0.717, 1.165) is 31.5 Å². The topological polar surface area (TPSA) is 32.3 Å². The highest BCUT2D eigenvalue weighted by Crippen LogP contribution is 2.28. The van der Waals surface area contributed by atoms with E-state index in [9.17, 15) is 4.79 Å². The van der Waals surface area contributed by atoms with Crippen LogP contribution in [0.1, 0.15) is 33.5 Å². The molecule has 0 unspecified atom stereocenters. The smallest absolute Gasteiger partial charge is 0.251 e. The van der Waals surface area contributed by atoms with E-state index in [2.05, 4.69) is 58.7 Å². The summed E-state index contributed by atoms with van der Waals surface area (Å²) >= 11 is 0. The summed E-state index contributed by atoms with van der Waals surface area (Å²) in [4.78, 5) is 14.8. The summed E-state index contributed by atoms with van der Waals surface area (Å²) < 4.78 is 0. The molecule has 0 atom stereocenters. The van der Waals surface area contributed by atoms with Crippen molar-refractivity contribution in [1.82, 2.24) is 5.32 Å². The Morgan fingerprint density at radius 3 is 2.43 bits per heavy atom. The number of rotatable bonds is 6. The molecule has 1 heterocycles. The summed E-state index contributed by atoms with van der Waals surface area (Å²) in [5.74, 6) is -0.00852. The van der Waals surface area contributed by atoms with Crippen LogP contribution in [0.3, 0.4) is 0 Å². The van der Waals surface area contributed by atoms with Gasteiger partial charge in [-0.25, -0.2) is 0 Å². The van der Waals surface area contributed by atoms with E-state index in [-0.39, 0.29) is 5.91 Å². The minimum absolute atomic E-state index is 0.00852. The first-order valence-electron chi connectivity index (χ1n) is 10.0. The number of hydrogen-bond acceptors (Lipinski definition) is 2. The minimum atomic E-state index is -0.00852. The average molecular weight is 370 g/mol. The monoisotopic (exact) mass is 370 g/mol. The number of aryl methyl sites for hydroxylation is 1. The lowest BCUT2D eigenvalue weighted by Crippen LogP contribution is -2.29. The summed E-state index contributed by atoms with van der Waals surface area (Å²) in [5, 5.41) is 3.01. The van der Waals surface area contributed by atoms with Gasteiger partial charge in [0, 0.05) is 30.9 Å². The molecule has 1 N–H and O–H groups in total. The van der Waals surface area contributed by atoms with Gasteiger partial charge in [0.2, 0.25) is 0 Å². The van der Waals surface area contributed by atoms with E-state index in [1.807, 2.05) is 30.3 Å². The van der Waals surface area contributed by atoms with E-state index >= 15 is 0 Å². The molecule has 28 heavy (non-hydrogen) atoms. The van der Waals surface area contributed by atoms with Gasteiger partial charge in [-0.05, 0) is 54.2 Å². The number of fused-ring (bicyclic) bond motifs is 1. The molecule has 0 bridgehead atoms. The van der Waals surface area contributed by atoms with Crippen LogP contribution in [0.4, 0.5) is 5.69 Å². The molecule has 142 valence electrons. The van der Waals surface area contributed by atoms with Crippen LogP contribution in [0.5, 0.6) is 0 Å². The fourth-order valence-corrected chi connectivity index (χ4v) is 3.82. The molecule has 0 spiro atoms. The maximum absolute atomic E-state index is 12.4. The molecule has 1 amide bonds. The van der Waals surface area contributed by atoms with Gasteiger partial charge in [-0.3, -0.25) is 4.79 Å². The van der Waals surface area contributed by atoms with Crippen molar-refractivity contribution in [3.8, 4) is 0 Å². The Balaban J connectivity index is 1.33. The highest BCUT2D eigenvalue weighted by atomic mass is 16.1. The van der Waals surface area contributed by atoms with Gasteiger partial charge in [-0.15, -0.1) is 0 Å². The molecule has 3 heteroatoms. The third-order valence-corrected chi connectivity index (χ3v) is 5.34. The third kappa shape index (κ3) is 4.42. The van der Waals surface area contributed by atoms with Crippen molar-refractivity contribution in [3.05, 3.63) is 101 Å². The van der Waals surface area contributed by atoms with E-state index in [4.69, 9.17) is 0 Å². The number of anilines is 1. The highest BCUT2D eigenvalue weighted by molar-refractivity contribution is 5.94. The molecule has 3 aromatic rings. The van der Waals surface area contributed by atoms with Crippen molar-refractivity contribution in [1.29, 1.82) is 0 Å². The molecule has 1 aliphatic heterocycles. The summed E-state index contributed by atoms with van der Waals surface area (Å²) in [7, 11) is 0. The van der Waals surface area contributed by atoms with Gasteiger partial charge in [0.15, 0.2) is 0 Å². The summed E-state index contributed by atoms with van der Waals surface area (Å²) in [5.41, 5.74) is 5.97. The number of benzene rings is 3. The zero-order valence-electron chi connectivity index (χ0n) is 16.1. The Morgan fingerprint density at radius 1 is 0.857 bits per heavy atom. The maximum atomic E-state index is 12.4. The Labute approximate surface area is 167 Å². The van der Waals surface area contributed by atoms with Gasteiger partial charge in [0.25, 0.3) is 5.91 Å². The second kappa shape index (κ2) is 8.75. The SMILES string of the molecule is O=C(NCCc1ccccc1)c1ccc(CN2CCCc3ccccc32)cc1. The van der Waals surface area contributed by atoms with E-state index in [0.29, 0.717) is 6.54 Å². The van der Waals surface area contributed by atoms with Crippen LogP contribution < -0.4 is 10.2 Å². The lowest BCUT2D eigenvalue weighted by Gasteiger charge is -2.31. The molecular weight excluding hydrogens is 344 g/mol. The molecule has 3 aromatic carbocycles. The van der Waals surface area contributed by atoms with Crippen molar-refractivity contribution in [2.45, 2.75) is 25.8 Å². The predicted octanol–water partition coefficient (Wildman–Crippen LogP) is 4.61. The van der Waals surface area contributed by atoms with Gasteiger partial charge in [0.1, 0.15) is 0 Å². The van der Waals surface area contributed by atoms with Crippen LogP contribution in [-0.2, 0) is 19.4 Å². The second-order valence-corrected chi connectivity index (χ2v) is 7.34. The summed E-state index contributed by atoms with van der Waals surface area (Å²) in [6, 6.07) is 26.9. The van der Waals surface area contributed by atoms with Crippen LogP contribution >= 0.6 is 0 Å². The summed E-state index contributed by atoms with van der Waals surface area (Å²) in [6.45, 7) is 2.61. The Morgan fingerprint density at radius 2 is 1.61 bits per heavy atom. The Hall–Kier alpha value is -3.07. The summed E-state index contributed by atoms with van der Waals surface area (Å²) in [6.07, 6.45) is 3.20. The fourth-order valence-electron chi connectivity index (χ4n) is 3.82. The fraction of sp³-hybridized carbons (Fsp3) is 0.240. The number of nitrogens with zero attached hydrogens (tertiary/aromatic N) is 1. The van der Waals surface area contributed by atoms with Gasteiger partial charge in [0.05, 0.1) is 0 Å². The molecule has 3 nitrogen and oxygen atoms in total. The number of nitrogens with one attached hydrogen (secondary N) is 1. The number of para-hydroxylation sites is 1. The van der Waals surface area contributed by atoms with Crippen LogP contribution in [0.15, 0.2) is 78.9 Å². The zero-order chi connectivity index (χ0) is 19.2. The molecule has 4 rings (SSSR count). The normalized spacial score (nSPS) is 13.1. The molecule has 0 saturated heterocycles. The van der Waals surface area contributed by atoms with Crippen molar-refractivity contribution in [2.75, 3.05) is 18.0 Å². The number of hydrogen-bond donors (Lipinski definition) is 1. The largest absolute Gasteiger partial charge is 0.367 e. The molecule has 0 aliphatic carbocycles. The van der Waals surface area contributed by atoms with Gasteiger partial charge >= 0.3 is 0 Å². The quantitative estimate of drug-likeness (QED) is 0.687. The molecule has 0 fully saturated rings. The van der Waals surface area contributed by atoms with Crippen LogP contribution in [0, 0.1) is 0 Å². The lowest BCUT2D eigenvalue weighted by molar-refractivity contribution is 0.0954. The van der Waals surface area contributed by atoms with E-state index < -0.39 is 0 Å². The van der Waals surface area contributed by atoms with Crippen molar-refractivity contribution >= 4 is 11.6 Å². The lowest BCUT2D eigenvalue weighted by atomic mass is 10.0. The van der Waals surface area contributed by atoms with Crippen LogP contribution in [0.2, 0.25) is 0 Å². The van der Waals surface area contributed by atoms with Crippen molar-refractivity contribution in [2.24, 2.45) is 0 Å². The van der Waals surface area contributed by atoms with Gasteiger partial charge in [-0.2, -0.15) is 0 Å². The number of carbonyl (C=O) groups excluding carboxylic acids is 1. The molecular formula is C25H26N2O.